The summed E-state index contributed by atoms with van der Waals surface area (Å²) in [5.41, 5.74) is 1.13. The van der Waals surface area contributed by atoms with Crippen LogP contribution in [-0.2, 0) is 4.79 Å². The summed E-state index contributed by atoms with van der Waals surface area (Å²) in [5, 5.41) is 8.93. The predicted molar refractivity (Wildman–Crippen MR) is 84.3 cm³/mol. The summed E-state index contributed by atoms with van der Waals surface area (Å²) in [6.45, 7) is 5.47. The van der Waals surface area contributed by atoms with Gasteiger partial charge in [-0.05, 0) is 24.3 Å². The van der Waals surface area contributed by atoms with Crippen molar-refractivity contribution in [3.8, 4) is 11.3 Å². The van der Waals surface area contributed by atoms with Crippen LogP contribution in [0.1, 0.15) is 20.8 Å². The van der Waals surface area contributed by atoms with Crippen LogP contribution in [0.4, 0.5) is 10.3 Å². The van der Waals surface area contributed by atoms with Gasteiger partial charge in [0.25, 0.3) is 0 Å². The van der Waals surface area contributed by atoms with Crippen molar-refractivity contribution < 1.29 is 9.18 Å². The first-order chi connectivity index (χ1) is 10.3. The molecule has 0 saturated carbocycles. The molecule has 0 aliphatic rings. The number of hydrogen-bond donors (Lipinski definition) is 1. The summed E-state index contributed by atoms with van der Waals surface area (Å²) in [7, 11) is 0. The van der Waals surface area contributed by atoms with Crippen LogP contribution in [0.3, 0.4) is 0 Å². The first kappa shape index (κ1) is 14.6. The molecule has 0 bridgehead atoms. The van der Waals surface area contributed by atoms with Crippen LogP contribution in [0.2, 0.25) is 0 Å². The van der Waals surface area contributed by atoms with Crippen LogP contribution < -0.4 is 5.32 Å². The Balaban J connectivity index is 1.95. The highest BCUT2D eigenvalue weighted by Crippen LogP contribution is 2.26. The maximum atomic E-state index is 13.0. The molecule has 0 fully saturated rings. The number of benzene rings is 1. The summed E-state index contributed by atoms with van der Waals surface area (Å²) in [6, 6.07) is 6.17. The molecule has 0 aliphatic heterocycles. The molecule has 114 valence electrons. The number of rotatable bonds is 2. The molecule has 1 N–H and O–H groups in total. The molecule has 0 spiro atoms. The van der Waals surface area contributed by atoms with Gasteiger partial charge in [0.1, 0.15) is 5.82 Å². The Bertz CT molecular complexity index is 829. The second kappa shape index (κ2) is 5.17. The third kappa shape index (κ3) is 2.71. The monoisotopic (exact) mass is 318 g/mol. The average molecular weight is 318 g/mol. The van der Waals surface area contributed by atoms with Crippen LogP contribution in [0.5, 0.6) is 0 Å². The number of fused-ring (bicyclic) bond motifs is 1. The Hall–Kier alpha value is -2.28. The molecule has 1 amide bonds. The van der Waals surface area contributed by atoms with Crippen LogP contribution in [0, 0.1) is 11.2 Å². The van der Waals surface area contributed by atoms with E-state index < -0.39 is 5.41 Å². The molecule has 2 heterocycles. The lowest BCUT2D eigenvalue weighted by molar-refractivity contribution is -0.123. The van der Waals surface area contributed by atoms with Crippen molar-refractivity contribution in [3.05, 3.63) is 35.5 Å². The minimum Gasteiger partial charge on any atom is -0.293 e. The van der Waals surface area contributed by atoms with Gasteiger partial charge in [0.15, 0.2) is 0 Å². The van der Waals surface area contributed by atoms with E-state index in [0.29, 0.717) is 4.96 Å². The summed E-state index contributed by atoms with van der Waals surface area (Å²) >= 11 is 1.41. The van der Waals surface area contributed by atoms with Gasteiger partial charge in [-0.15, -0.1) is 16.4 Å². The number of halogens is 1. The fourth-order valence-corrected chi connectivity index (χ4v) is 2.67. The van der Waals surface area contributed by atoms with Crippen LogP contribution in [0.15, 0.2) is 29.6 Å². The largest absolute Gasteiger partial charge is 0.293 e. The zero-order valence-corrected chi connectivity index (χ0v) is 13.2. The van der Waals surface area contributed by atoms with Gasteiger partial charge in [0.05, 0.1) is 5.69 Å². The number of hydrogen-bond acceptors (Lipinski definition) is 4. The number of amides is 1. The standard InChI is InChI=1S/C15H15FN4OS/c1-15(2,3)12(21)17-13-18-14-20(19-13)11(8-22-14)9-4-6-10(16)7-5-9/h4-8H,1-3H3,(H,17,19,21). The Morgan fingerprint density at radius 2 is 1.95 bits per heavy atom. The van der Waals surface area contributed by atoms with E-state index in [1.807, 2.05) is 26.2 Å². The molecule has 3 aromatic rings. The Morgan fingerprint density at radius 3 is 2.59 bits per heavy atom. The second-order valence-corrected chi connectivity index (χ2v) is 6.80. The van der Waals surface area contributed by atoms with Crippen molar-refractivity contribution in [1.29, 1.82) is 0 Å². The highest BCUT2D eigenvalue weighted by atomic mass is 32.1. The number of carbonyl (C=O) groups is 1. The number of carbonyl (C=O) groups excluding carboxylic acids is 1. The molecule has 5 nitrogen and oxygen atoms in total. The van der Waals surface area contributed by atoms with Crippen molar-refractivity contribution in [2.45, 2.75) is 20.8 Å². The molecule has 2 aromatic heterocycles. The van der Waals surface area contributed by atoms with Gasteiger partial charge in [-0.2, -0.15) is 4.98 Å². The molecule has 3 rings (SSSR count). The first-order valence-electron chi connectivity index (χ1n) is 6.76. The minimum absolute atomic E-state index is 0.144. The lowest BCUT2D eigenvalue weighted by Gasteiger charge is -2.15. The third-order valence-corrected chi connectivity index (χ3v) is 3.94. The summed E-state index contributed by atoms with van der Waals surface area (Å²) in [4.78, 5) is 17.0. The number of anilines is 1. The number of aromatic nitrogens is 3. The molecule has 0 saturated heterocycles. The normalized spacial score (nSPS) is 11.8. The van der Waals surface area contributed by atoms with E-state index >= 15 is 0 Å². The van der Waals surface area contributed by atoms with Crippen molar-refractivity contribution in [2.75, 3.05) is 5.32 Å². The van der Waals surface area contributed by atoms with Gasteiger partial charge in [0.2, 0.25) is 16.8 Å². The summed E-state index contributed by atoms with van der Waals surface area (Å²) in [5.74, 6) is -0.156. The van der Waals surface area contributed by atoms with Crippen molar-refractivity contribution >= 4 is 28.2 Å². The van der Waals surface area contributed by atoms with Gasteiger partial charge < -0.3 is 0 Å². The second-order valence-electron chi connectivity index (χ2n) is 5.96. The Morgan fingerprint density at radius 1 is 1.27 bits per heavy atom. The molecule has 1 aromatic carbocycles. The van der Waals surface area contributed by atoms with Gasteiger partial charge >= 0.3 is 0 Å². The molecule has 0 aliphatic carbocycles. The SMILES string of the molecule is CC(C)(C)C(=O)Nc1nc2scc(-c3ccc(F)cc3)n2n1. The quantitative estimate of drug-likeness (QED) is 0.785. The van der Waals surface area contributed by atoms with E-state index in [1.165, 1.54) is 23.5 Å². The molecule has 22 heavy (non-hydrogen) atoms. The number of thiazole rings is 1. The highest BCUT2D eigenvalue weighted by Gasteiger charge is 2.23. The van der Waals surface area contributed by atoms with E-state index in [1.54, 1.807) is 16.6 Å². The maximum absolute atomic E-state index is 13.0. The van der Waals surface area contributed by atoms with Gasteiger partial charge in [-0.1, -0.05) is 20.8 Å². The van der Waals surface area contributed by atoms with Crippen LogP contribution >= 0.6 is 11.3 Å². The fraction of sp³-hybridized carbons (Fsp3) is 0.267. The van der Waals surface area contributed by atoms with E-state index in [9.17, 15) is 9.18 Å². The topological polar surface area (TPSA) is 59.3 Å². The molecule has 0 radical (unpaired) electrons. The molecule has 0 atom stereocenters. The summed E-state index contributed by atoms with van der Waals surface area (Å²) in [6.07, 6.45) is 0. The van der Waals surface area contributed by atoms with Crippen LogP contribution in [-0.4, -0.2) is 20.5 Å². The highest BCUT2D eigenvalue weighted by molar-refractivity contribution is 7.15. The minimum atomic E-state index is -0.515. The maximum Gasteiger partial charge on any atom is 0.250 e. The van der Waals surface area contributed by atoms with Crippen LogP contribution in [0.25, 0.3) is 16.2 Å². The predicted octanol–water partition coefficient (Wildman–Crippen LogP) is 3.58. The van der Waals surface area contributed by atoms with Crippen molar-refractivity contribution in [1.82, 2.24) is 14.6 Å². The molecular formula is C15H15FN4OS. The number of nitrogens with zero attached hydrogens (tertiary/aromatic N) is 3. The van der Waals surface area contributed by atoms with E-state index in [4.69, 9.17) is 0 Å². The lowest BCUT2D eigenvalue weighted by Crippen LogP contribution is -2.28. The molecule has 0 unspecified atom stereocenters. The van der Waals surface area contributed by atoms with Gasteiger partial charge in [-0.3, -0.25) is 10.1 Å². The lowest BCUT2D eigenvalue weighted by atomic mass is 9.96. The Kier molecular flexibility index (Phi) is 3.44. The fourth-order valence-electron chi connectivity index (χ4n) is 1.84. The number of nitrogens with one attached hydrogen (secondary N) is 1. The zero-order chi connectivity index (χ0) is 15.9. The van der Waals surface area contributed by atoms with Gasteiger partial charge in [-0.25, -0.2) is 8.91 Å². The summed E-state index contributed by atoms with van der Waals surface area (Å²) < 4.78 is 14.7. The molecule has 7 heteroatoms. The first-order valence-corrected chi connectivity index (χ1v) is 7.64. The smallest absolute Gasteiger partial charge is 0.250 e. The Labute approximate surface area is 130 Å². The van der Waals surface area contributed by atoms with Gasteiger partial charge in [0, 0.05) is 16.4 Å². The van der Waals surface area contributed by atoms with E-state index in [0.717, 1.165) is 11.3 Å². The van der Waals surface area contributed by atoms with E-state index in [-0.39, 0.29) is 17.7 Å². The average Bonchev–Trinajstić information content (AvgIpc) is 2.98. The molecular weight excluding hydrogens is 303 g/mol. The van der Waals surface area contributed by atoms with Crippen molar-refractivity contribution in [3.63, 3.8) is 0 Å². The third-order valence-electron chi connectivity index (χ3n) is 3.13. The van der Waals surface area contributed by atoms with E-state index in [2.05, 4.69) is 15.4 Å². The van der Waals surface area contributed by atoms with Crippen molar-refractivity contribution in [2.24, 2.45) is 5.41 Å². The zero-order valence-electron chi connectivity index (χ0n) is 12.4.